The van der Waals surface area contributed by atoms with Crippen LogP contribution in [0.25, 0.3) is 44.4 Å². The number of benzene rings is 1. The first-order chi connectivity index (χ1) is 13.6. The zero-order valence-electron chi connectivity index (χ0n) is 14.5. The summed E-state index contributed by atoms with van der Waals surface area (Å²) in [5, 5.41) is 1.42. The van der Waals surface area contributed by atoms with Crippen molar-refractivity contribution < 1.29 is 13.2 Å². The highest BCUT2D eigenvalue weighted by atomic mass is 32.1. The molecule has 0 atom stereocenters. The molecule has 5 aromatic rings. The van der Waals surface area contributed by atoms with E-state index in [0.717, 1.165) is 21.5 Å². The van der Waals surface area contributed by atoms with E-state index in [4.69, 9.17) is 4.42 Å². The summed E-state index contributed by atoms with van der Waals surface area (Å²) in [4.78, 5) is 17.1. The molecule has 1 N–H and O–H groups in total. The average Bonchev–Trinajstić information content (AvgIpc) is 3.40. The predicted octanol–water partition coefficient (Wildman–Crippen LogP) is 5.60. The Morgan fingerprint density at radius 1 is 1.11 bits per heavy atom. The summed E-state index contributed by atoms with van der Waals surface area (Å²) in [5.41, 5.74) is 2.36. The van der Waals surface area contributed by atoms with Crippen molar-refractivity contribution in [2.45, 2.75) is 6.92 Å². The summed E-state index contributed by atoms with van der Waals surface area (Å²) in [6, 6.07) is 7.37. The Labute approximate surface area is 161 Å². The van der Waals surface area contributed by atoms with Crippen LogP contribution in [-0.2, 0) is 0 Å². The Balaban J connectivity index is 1.60. The maximum absolute atomic E-state index is 14.1. The van der Waals surface area contributed by atoms with Gasteiger partial charge in [-0.2, -0.15) is 0 Å². The number of aromatic amines is 1. The minimum absolute atomic E-state index is 0.0990. The van der Waals surface area contributed by atoms with Gasteiger partial charge in [-0.15, -0.1) is 11.3 Å². The van der Waals surface area contributed by atoms with Gasteiger partial charge in [0.15, 0.2) is 5.01 Å². The van der Waals surface area contributed by atoms with Crippen molar-refractivity contribution in [2.24, 2.45) is 0 Å². The molecule has 0 amide bonds. The lowest BCUT2D eigenvalue weighted by Crippen LogP contribution is -1.89. The molecule has 8 heteroatoms. The molecule has 0 radical (unpaired) electrons. The van der Waals surface area contributed by atoms with E-state index in [0.29, 0.717) is 22.2 Å². The van der Waals surface area contributed by atoms with Crippen molar-refractivity contribution in [1.82, 2.24) is 19.9 Å². The second-order valence-electron chi connectivity index (χ2n) is 6.20. The second-order valence-corrected chi connectivity index (χ2v) is 7.41. The first kappa shape index (κ1) is 16.8. The Morgan fingerprint density at radius 2 is 1.93 bits per heavy atom. The normalized spacial score (nSPS) is 11.4. The zero-order chi connectivity index (χ0) is 19.3. The molecule has 0 bridgehead atoms. The minimum atomic E-state index is -0.627. The highest BCUT2D eigenvalue weighted by Gasteiger charge is 2.17. The molecule has 28 heavy (non-hydrogen) atoms. The molecule has 4 aromatic heterocycles. The van der Waals surface area contributed by atoms with Crippen molar-refractivity contribution in [3.63, 3.8) is 0 Å². The van der Waals surface area contributed by atoms with Crippen LogP contribution in [-0.4, -0.2) is 19.9 Å². The fourth-order valence-electron chi connectivity index (χ4n) is 3.12. The van der Waals surface area contributed by atoms with E-state index < -0.39 is 11.6 Å². The second kappa shape index (κ2) is 6.35. The molecule has 0 fully saturated rings. The van der Waals surface area contributed by atoms with E-state index in [1.165, 1.54) is 35.8 Å². The van der Waals surface area contributed by atoms with Crippen LogP contribution >= 0.6 is 11.3 Å². The molecule has 0 aliphatic carbocycles. The van der Waals surface area contributed by atoms with Gasteiger partial charge in [-0.1, -0.05) is 6.07 Å². The monoisotopic (exact) mass is 394 g/mol. The molecule has 0 unspecified atom stereocenters. The lowest BCUT2D eigenvalue weighted by atomic mass is 10.1. The first-order valence-electron chi connectivity index (χ1n) is 8.41. The van der Waals surface area contributed by atoms with Gasteiger partial charge in [-0.05, 0) is 31.2 Å². The maximum atomic E-state index is 14.1. The quantitative estimate of drug-likeness (QED) is 0.433. The molecule has 0 aliphatic heterocycles. The van der Waals surface area contributed by atoms with E-state index in [1.54, 1.807) is 18.5 Å². The van der Waals surface area contributed by atoms with Crippen molar-refractivity contribution in [2.75, 3.05) is 0 Å². The van der Waals surface area contributed by atoms with E-state index in [-0.39, 0.29) is 5.56 Å². The molecule has 5 nitrogen and oxygen atoms in total. The molecule has 5 rings (SSSR count). The van der Waals surface area contributed by atoms with Crippen LogP contribution in [0.15, 0.2) is 53.4 Å². The molecule has 0 spiro atoms. The van der Waals surface area contributed by atoms with Gasteiger partial charge in [0.1, 0.15) is 23.5 Å². The Morgan fingerprint density at radius 3 is 2.68 bits per heavy atom. The molecular formula is C20H12F2N4OS. The highest BCUT2D eigenvalue weighted by Crippen LogP contribution is 2.34. The van der Waals surface area contributed by atoms with E-state index in [2.05, 4.69) is 19.9 Å². The molecule has 0 saturated heterocycles. The van der Waals surface area contributed by atoms with Gasteiger partial charge in [0.05, 0.1) is 23.1 Å². The Hall–Kier alpha value is -3.39. The van der Waals surface area contributed by atoms with Crippen LogP contribution in [0.5, 0.6) is 0 Å². The van der Waals surface area contributed by atoms with E-state index >= 15 is 0 Å². The summed E-state index contributed by atoms with van der Waals surface area (Å²) >= 11 is 1.48. The average molecular weight is 394 g/mol. The summed E-state index contributed by atoms with van der Waals surface area (Å²) in [6.07, 6.45) is 4.76. The third kappa shape index (κ3) is 2.69. The SMILES string of the molecule is Cc1sc(-c2ncco2)nc1-c1cnc2[nH]c(-c3c(F)cccc3F)cc2c1. The van der Waals surface area contributed by atoms with Crippen molar-refractivity contribution in [1.29, 1.82) is 0 Å². The van der Waals surface area contributed by atoms with Crippen LogP contribution in [0.3, 0.4) is 0 Å². The number of nitrogens with zero attached hydrogens (tertiary/aromatic N) is 3. The van der Waals surface area contributed by atoms with E-state index in [9.17, 15) is 8.78 Å². The number of fused-ring (bicyclic) bond motifs is 1. The van der Waals surface area contributed by atoms with Gasteiger partial charge in [0.25, 0.3) is 5.89 Å². The summed E-state index contributed by atoms with van der Waals surface area (Å²) < 4.78 is 33.5. The summed E-state index contributed by atoms with van der Waals surface area (Å²) in [7, 11) is 0. The number of rotatable bonds is 3. The first-order valence-corrected chi connectivity index (χ1v) is 9.22. The highest BCUT2D eigenvalue weighted by molar-refractivity contribution is 7.15. The standard InChI is InChI=1S/C20H12F2N4OS/c1-10-17(26-20(28-10)19-23-5-6-27-19)12-7-11-8-15(25-18(11)24-9-12)16-13(21)3-2-4-14(16)22/h2-9H,1H3,(H,24,25). The third-order valence-corrected chi connectivity index (χ3v) is 5.35. The molecule has 1 aromatic carbocycles. The van der Waals surface area contributed by atoms with Gasteiger partial charge >= 0.3 is 0 Å². The van der Waals surface area contributed by atoms with E-state index in [1.807, 2.05) is 13.0 Å². The van der Waals surface area contributed by atoms with Crippen LogP contribution < -0.4 is 0 Å². The number of halogens is 2. The number of thiazole rings is 1. The number of aromatic nitrogens is 4. The van der Waals surface area contributed by atoms with Gasteiger partial charge in [-0.25, -0.2) is 23.7 Å². The van der Waals surface area contributed by atoms with Gasteiger partial charge in [0.2, 0.25) is 0 Å². The Bertz CT molecular complexity index is 1290. The predicted molar refractivity (Wildman–Crippen MR) is 103 cm³/mol. The maximum Gasteiger partial charge on any atom is 0.255 e. The van der Waals surface area contributed by atoms with Crippen LogP contribution in [0.4, 0.5) is 8.78 Å². The number of aryl methyl sites for hydroxylation is 1. The molecule has 0 saturated carbocycles. The topological polar surface area (TPSA) is 67.6 Å². The number of H-pyrrole nitrogens is 1. The lowest BCUT2D eigenvalue weighted by Gasteiger charge is -2.01. The number of hydrogen-bond acceptors (Lipinski definition) is 5. The Kier molecular flexibility index (Phi) is 3.80. The summed E-state index contributed by atoms with van der Waals surface area (Å²) in [5.74, 6) is -0.789. The van der Waals surface area contributed by atoms with Gasteiger partial charge in [-0.3, -0.25) is 0 Å². The van der Waals surface area contributed by atoms with Crippen LogP contribution in [0, 0.1) is 18.6 Å². The molecular weight excluding hydrogens is 382 g/mol. The van der Waals surface area contributed by atoms with Gasteiger partial charge < -0.3 is 9.40 Å². The zero-order valence-corrected chi connectivity index (χ0v) is 15.3. The fraction of sp³-hybridized carbons (Fsp3) is 0.0500. The van der Waals surface area contributed by atoms with Crippen molar-refractivity contribution >= 4 is 22.4 Å². The van der Waals surface area contributed by atoms with Crippen LogP contribution in [0.1, 0.15) is 4.88 Å². The lowest BCUT2D eigenvalue weighted by molar-refractivity contribution is 0.574. The smallest absolute Gasteiger partial charge is 0.255 e. The molecule has 4 heterocycles. The fourth-order valence-corrected chi connectivity index (χ4v) is 3.99. The molecule has 0 aliphatic rings. The minimum Gasteiger partial charge on any atom is -0.443 e. The van der Waals surface area contributed by atoms with Gasteiger partial charge in [0, 0.05) is 22.0 Å². The number of pyridine rings is 1. The van der Waals surface area contributed by atoms with Crippen molar-refractivity contribution in [3.05, 3.63) is 65.5 Å². The molecule has 138 valence electrons. The number of nitrogens with one attached hydrogen (secondary N) is 1. The van der Waals surface area contributed by atoms with Crippen LogP contribution in [0.2, 0.25) is 0 Å². The largest absolute Gasteiger partial charge is 0.443 e. The number of hydrogen-bond donors (Lipinski definition) is 1. The third-order valence-electron chi connectivity index (χ3n) is 4.39. The summed E-state index contributed by atoms with van der Waals surface area (Å²) in [6.45, 7) is 1.96. The number of oxazole rings is 1. The van der Waals surface area contributed by atoms with Crippen molar-refractivity contribution in [3.8, 4) is 33.4 Å².